The van der Waals surface area contributed by atoms with Crippen molar-refractivity contribution in [2.45, 2.75) is 24.4 Å². The van der Waals surface area contributed by atoms with Crippen molar-refractivity contribution in [3.63, 3.8) is 0 Å². The maximum absolute atomic E-state index is 15.0. The molecule has 5 rings (SSSR count). The lowest BCUT2D eigenvalue weighted by molar-refractivity contribution is 0.254. The van der Waals surface area contributed by atoms with Crippen molar-refractivity contribution in [1.29, 1.82) is 0 Å². The number of aromatic nitrogens is 2. The summed E-state index contributed by atoms with van der Waals surface area (Å²) in [4.78, 5) is 8.80. The minimum Gasteiger partial charge on any atom is -0.350 e. The lowest BCUT2D eigenvalue weighted by Crippen LogP contribution is -2.44. The largest absolute Gasteiger partial charge is 0.350 e. The number of nitrogens with one attached hydrogen (secondary N) is 3. The summed E-state index contributed by atoms with van der Waals surface area (Å²) in [7, 11) is -3.03. The van der Waals surface area contributed by atoms with Gasteiger partial charge in [0.25, 0.3) is 0 Å². The fourth-order valence-electron chi connectivity index (χ4n) is 4.37. The maximum atomic E-state index is 15.0. The first-order chi connectivity index (χ1) is 17.8. The van der Waals surface area contributed by atoms with Crippen LogP contribution in [0.2, 0.25) is 0 Å². The number of anilines is 2. The molecule has 0 radical (unpaired) electrons. The van der Waals surface area contributed by atoms with Crippen LogP contribution < -0.4 is 15.4 Å². The topological polar surface area (TPSA) is 78.9 Å². The second kappa shape index (κ2) is 10.4. The zero-order valence-electron chi connectivity index (χ0n) is 19.9. The van der Waals surface area contributed by atoms with Gasteiger partial charge >= 0.3 is 0 Å². The third-order valence-corrected chi connectivity index (χ3v) is 7.49. The second-order valence-electron chi connectivity index (χ2n) is 9.16. The lowest BCUT2D eigenvalue weighted by atomic mass is 10.0. The van der Waals surface area contributed by atoms with Crippen LogP contribution in [0.5, 0.6) is 0 Å². The van der Waals surface area contributed by atoms with Gasteiger partial charge in [0.15, 0.2) is 11.6 Å². The monoisotopic (exact) mass is 525 g/mol. The van der Waals surface area contributed by atoms with E-state index in [0.29, 0.717) is 47.5 Å². The number of rotatable bonds is 7. The minimum atomic E-state index is -3.03. The Kier molecular flexibility index (Phi) is 7.03. The maximum Gasteiger partial charge on any atom is 0.223 e. The summed E-state index contributed by atoms with van der Waals surface area (Å²) in [6.07, 6.45) is 1.08. The van der Waals surface area contributed by atoms with E-state index in [1.807, 2.05) is 6.07 Å². The third-order valence-electron chi connectivity index (χ3n) is 6.12. The molecule has 3 atom stereocenters. The van der Waals surface area contributed by atoms with Gasteiger partial charge in [-0.25, -0.2) is 27.3 Å². The van der Waals surface area contributed by atoms with Crippen molar-refractivity contribution in [3.05, 3.63) is 84.1 Å². The van der Waals surface area contributed by atoms with E-state index in [0.717, 1.165) is 5.56 Å². The SMILES string of the molecule is C=S(=O)(Cc1ccccc1)Nc1c(F)cc(-c2ccc3nc(N[C@@H]4CNC[C@@H](F)C4)ncc3c2)cc1F. The molecule has 0 aliphatic carbocycles. The molecule has 4 aromatic rings. The van der Waals surface area contributed by atoms with E-state index >= 15 is 0 Å². The van der Waals surface area contributed by atoms with Crippen molar-refractivity contribution >= 4 is 38.1 Å². The summed E-state index contributed by atoms with van der Waals surface area (Å²) in [5.41, 5.74) is 1.78. The van der Waals surface area contributed by atoms with Crippen LogP contribution in [-0.4, -0.2) is 45.4 Å². The Bertz CT molecular complexity index is 1510. The number of halogens is 3. The van der Waals surface area contributed by atoms with Crippen molar-refractivity contribution in [2.24, 2.45) is 0 Å². The number of alkyl halides is 1. The highest BCUT2D eigenvalue weighted by molar-refractivity contribution is 8.00. The fourth-order valence-corrected chi connectivity index (χ4v) is 5.74. The molecule has 37 heavy (non-hydrogen) atoms. The van der Waals surface area contributed by atoms with Crippen molar-refractivity contribution in [2.75, 3.05) is 23.1 Å². The molecule has 1 aliphatic heterocycles. The van der Waals surface area contributed by atoms with Crippen LogP contribution in [0.25, 0.3) is 22.0 Å². The van der Waals surface area contributed by atoms with Gasteiger partial charge in [0.2, 0.25) is 5.95 Å². The van der Waals surface area contributed by atoms with Crippen LogP contribution in [0.1, 0.15) is 12.0 Å². The highest BCUT2D eigenvalue weighted by Gasteiger charge is 2.22. The number of piperidine rings is 1. The van der Waals surface area contributed by atoms with Gasteiger partial charge in [-0.3, -0.25) is 0 Å². The summed E-state index contributed by atoms with van der Waals surface area (Å²) in [6.45, 7) is 0.970. The molecule has 1 aliphatic rings. The summed E-state index contributed by atoms with van der Waals surface area (Å²) in [6, 6.07) is 16.4. The average molecular weight is 526 g/mol. The zero-order chi connectivity index (χ0) is 26.0. The number of benzene rings is 3. The molecule has 0 spiro atoms. The molecule has 0 amide bonds. The van der Waals surface area contributed by atoms with Crippen molar-refractivity contribution in [1.82, 2.24) is 15.3 Å². The molecule has 10 heteroatoms. The molecule has 3 aromatic carbocycles. The fraction of sp³-hybridized carbons (Fsp3) is 0.222. The van der Waals surface area contributed by atoms with E-state index in [2.05, 4.69) is 31.2 Å². The number of hydrogen-bond acceptors (Lipinski definition) is 5. The second-order valence-corrected chi connectivity index (χ2v) is 11.3. The normalized spacial score (nSPS) is 19.3. The van der Waals surface area contributed by atoms with Crippen molar-refractivity contribution < 1.29 is 17.4 Å². The van der Waals surface area contributed by atoms with Gasteiger partial charge in [-0.2, -0.15) is 0 Å². The first kappa shape index (κ1) is 25.0. The molecule has 1 fully saturated rings. The number of fused-ring (bicyclic) bond motifs is 1. The molecule has 3 N–H and O–H groups in total. The zero-order valence-corrected chi connectivity index (χ0v) is 20.7. The molecule has 0 bridgehead atoms. The molecule has 192 valence electrons. The van der Waals surface area contributed by atoms with E-state index in [-0.39, 0.29) is 11.8 Å². The number of hydrogen-bond donors (Lipinski definition) is 3. The third kappa shape index (κ3) is 6.03. The van der Waals surface area contributed by atoms with Gasteiger partial charge < -0.3 is 15.4 Å². The predicted octanol–water partition coefficient (Wildman–Crippen LogP) is 4.93. The molecular weight excluding hydrogens is 499 g/mol. The minimum absolute atomic E-state index is 0.0294. The highest BCUT2D eigenvalue weighted by Crippen LogP contribution is 2.30. The van der Waals surface area contributed by atoms with Gasteiger partial charge in [0.1, 0.15) is 11.9 Å². The molecule has 1 saturated heterocycles. The average Bonchev–Trinajstić information content (AvgIpc) is 2.86. The predicted molar refractivity (Wildman–Crippen MR) is 144 cm³/mol. The smallest absolute Gasteiger partial charge is 0.223 e. The van der Waals surface area contributed by atoms with E-state index in [1.165, 1.54) is 12.1 Å². The quantitative estimate of drug-likeness (QED) is 0.298. The van der Waals surface area contributed by atoms with Crippen LogP contribution in [-0.2, 0) is 15.5 Å². The van der Waals surface area contributed by atoms with E-state index < -0.39 is 33.2 Å². The van der Waals surface area contributed by atoms with Gasteiger partial charge in [0.05, 0.1) is 11.3 Å². The van der Waals surface area contributed by atoms with Crippen LogP contribution in [0.3, 0.4) is 0 Å². The van der Waals surface area contributed by atoms with Gasteiger partial charge in [-0.15, -0.1) is 0 Å². The Hall–Kier alpha value is -3.63. The Balaban J connectivity index is 1.35. The Morgan fingerprint density at radius 1 is 1.03 bits per heavy atom. The van der Waals surface area contributed by atoms with E-state index in [1.54, 1.807) is 48.7 Å². The highest BCUT2D eigenvalue weighted by atomic mass is 32.2. The first-order valence-corrected chi connectivity index (χ1v) is 13.7. The lowest BCUT2D eigenvalue weighted by Gasteiger charge is -2.26. The summed E-state index contributed by atoms with van der Waals surface area (Å²) < 4.78 is 58.9. The van der Waals surface area contributed by atoms with Gasteiger partial charge in [0, 0.05) is 46.8 Å². The van der Waals surface area contributed by atoms with Crippen LogP contribution in [0, 0.1) is 11.6 Å². The molecular formula is C27H26F3N5OS. The number of nitrogens with zero attached hydrogens (tertiary/aromatic N) is 2. The van der Waals surface area contributed by atoms with Gasteiger partial charge in [-0.05, 0) is 46.8 Å². The van der Waals surface area contributed by atoms with E-state index in [4.69, 9.17) is 0 Å². The van der Waals surface area contributed by atoms with Gasteiger partial charge in [-0.1, -0.05) is 36.4 Å². The molecule has 6 nitrogen and oxygen atoms in total. The molecule has 0 saturated carbocycles. The first-order valence-electron chi connectivity index (χ1n) is 11.8. The summed E-state index contributed by atoms with van der Waals surface area (Å²) in [5.74, 6) is 2.32. The van der Waals surface area contributed by atoms with Crippen LogP contribution in [0.15, 0.2) is 66.9 Å². The van der Waals surface area contributed by atoms with Crippen molar-refractivity contribution in [3.8, 4) is 11.1 Å². The van der Waals surface area contributed by atoms with Crippen LogP contribution >= 0.6 is 0 Å². The standard InChI is InChI=1S/C27H26F3N5OS/c1-37(36,16-17-5-3-2-4-6-17)35-26-23(29)10-19(11-24(26)30)18-7-8-25-20(9-18)13-32-27(34-25)33-22-12-21(28)14-31-15-22/h2-11,13,21-22,31H,1,12,14-16H2,(H,35,36)(H,32,33,34)/t21-,22-,37?/m0/s1. The summed E-state index contributed by atoms with van der Waals surface area (Å²) in [5, 5.41) is 6.85. The van der Waals surface area contributed by atoms with Crippen LogP contribution in [0.4, 0.5) is 24.8 Å². The molecule has 1 unspecified atom stereocenters. The molecule has 1 aromatic heterocycles. The molecule has 2 heterocycles. The summed E-state index contributed by atoms with van der Waals surface area (Å²) >= 11 is 0. The van der Waals surface area contributed by atoms with E-state index in [9.17, 15) is 17.4 Å². The Morgan fingerprint density at radius 2 is 1.78 bits per heavy atom. The Morgan fingerprint density at radius 3 is 2.51 bits per heavy atom. The Labute approximate surface area is 213 Å².